The maximum Gasteiger partial charge on any atom is 0.416 e. The Labute approximate surface area is 188 Å². The number of hydrogen-bond donors (Lipinski definition) is 2. The SMILES string of the molecule is Cc1cccc2c(C(Cl)(c3ccc(C(F)(F)F)cc3)c3c[nH]c4c(C)cccc34)c[nH]c12. The van der Waals surface area contributed by atoms with Crippen LogP contribution in [0.25, 0.3) is 21.8 Å². The molecule has 0 saturated carbocycles. The van der Waals surface area contributed by atoms with E-state index in [1.165, 1.54) is 12.1 Å². The van der Waals surface area contributed by atoms with E-state index in [9.17, 15) is 13.2 Å². The minimum atomic E-state index is -4.41. The number of aromatic nitrogens is 2. The summed E-state index contributed by atoms with van der Waals surface area (Å²) >= 11 is 7.51. The zero-order valence-electron chi connectivity index (χ0n) is 17.4. The van der Waals surface area contributed by atoms with E-state index in [0.29, 0.717) is 5.56 Å². The Balaban J connectivity index is 1.83. The molecule has 2 heterocycles. The standard InChI is InChI=1S/C26H20ClF3N2/c1-15-5-3-7-19-21(13-31-23(15)19)25(27,17-9-11-18(12-10-17)26(28,29)30)22-14-32-24-16(2)6-4-8-20(22)24/h3-14,31-32H,1-2H3. The molecule has 2 N–H and O–H groups in total. The normalized spacial score (nSPS) is 12.7. The average molecular weight is 453 g/mol. The second-order valence-electron chi connectivity index (χ2n) is 8.13. The number of aryl methyl sites for hydroxylation is 2. The van der Waals surface area contributed by atoms with E-state index >= 15 is 0 Å². The lowest BCUT2D eigenvalue weighted by atomic mass is 9.83. The number of halogens is 4. The Morgan fingerprint density at radius 3 is 1.53 bits per heavy atom. The van der Waals surface area contributed by atoms with Crippen LogP contribution in [0, 0.1) is 13.8 Å². The molecule has 5 rings (SSSR count). The van der Waals surface area contributed by atoms with E-state index in [-0.39, 0.29) is 0 Å². The first-order valence-corrected chi connectivity index (χ1v) is 10.6. The lowest BCUT2D eigenvalue weighted by molar-refractivity contribution is -0.137. The maximum atomic E-state index is 13.2. The van der Waals surface area contributed by atoms with E-state index < -0.39 is 16.6 Å². The third-order valence-corrected chi connectivity index (χ3v) is 6.83. The third-order valence-electron chi connectivity index (χ3n) is 6.20. The molecule has 0 amide bonds. The predicted molar refractivity (Wildman–Crippen MR) is 123 cm³/mol. The van der Waals surface area contributed by atoms with E-state index in [1.807, 2.05) is 62.6 Å². The van der Waals surface area contributed by atoms with E-state index in [0.717, 1.165) is 56.2 Å². The third kappa shape index (κ3) is 3.03. The second-order valence-corrected chi connectivity index (χ2v) is 8.70. The predicted octanol–water partition coefficient (Wildman–Crippen LogP) is 7.82. The molecule has 32 heavy (non-hydrogen) atoms. The summed E-state index contributed by atoms with van der Waals surface area (Å²) in [5, 5.41) is 1.86. The Hall–Kier alpha value is -3.18. The molecule has 0 radical (unpaired) electrons. The van der Waals surface area contributed by atoms with Crippen LogP contribution in [0.3, 0.4) is 0 Å². The molecular weight excluding hydrogens is 433 g/mol. The van der Waals surface area contributed by atoms with Gasteiger partial charge in [0.1, 0.15) is 4.87 Å². The summed E-state index contributed by atoms with van der Waals surface area (Å²) in [6.45, 7) is 4.01. The van der Waals surface area contributed by atoms with Gasteiger partial charge in [0.05, 0.1) is 5.56 Å². The van der Waals surface area contributed by atoms with Crippen molar-refractivity contribution in [1.82, 2.24) is 9.97 Å². The minimum Gasteiger partial charge on any atom is -0.361 e. The first-order chi connectivity index (χ1) is 15.2. The van der Waals surface area contributed by atoms with Crippen molar-refractivity contribution in [2.45, 2.75) is 24.9 Å². The fraction of sp³-hybridized carbons (Fsp3) is 0.154. The number of fused-ring (bicyclic) bond motifs is 2. The monoisotopic (exact) mass is 452 g/mol. The summed E-state index contributed by atoms with van der Waals surface area (Å²) in [4.78, 5) is 5.42. The number of aromatic amines is 2. The Morgan fingerprint density at radius 1 is 0.656 bits per heavy atom. The number of nitrogens with one attached hydrogen (secondary N) is 2. The molecule has 0 saturated heterocycles. The van der Waals surface area contributed by atoms with Gasteiger partial charge in [-0.05, 0) is 42.7 Å². The summed E-state index contributed by atoms with van der Waals surface area (Å²) in [7, 11) is 0. The molecule has 0 aliphatic rings. The van der Waals surface area contributed by atoms with Gasteiger partial charge in [-0.3, -0.25) is 0 Å². The van der Waals surface area contributed by atoms with Gasteiger partial charge < -0.3 is 9.97 Å². The van der Waals surface area contributed by atoms with Crippen LogP contribution in [-0.2, 0) is 11.1 Å². The number of benzene rings is 3. The quantitative estimate of drug-likeness (QED) is 0.261. The van der Waals surface area contributed by atoms with Gasteiger partial charge in [-0.15, -0.1) is 11.6 Å². The summed E-state index contributed by atoms with van der Waals surface area (Å²) in [6.07, 6.45) is -0.697. The van der Waals surface area contributed by atoms with E-state index in [2.05, 4.69) is 9.97 Å². The van der Waals surface area contributed by atoms with Crippen LogP contribution in [0.4, 0.5) is 13.2 Å². The highest BCUT2D eigenvalue weighted by Gasteiger charge is 2.39. The number of rotatable bonds is 3. The molecule has 0 bridgehead atoms. The van der Waals surface area contributed by atoms with Crippen molar-refractivity contribution in [2.75, 3.05) is 0 Å². The van der Waals surface area contributed by atoms with Gasteiger partial charge >= 0.3 is 6.18 Å². The fourth-order valence-corrected chi connectivity index (χ4v) is 4.97. The van der Waals surface area contributed by atoms with Crippen LogP contribution in [0.2, 0.25) is 0 Å². The Morgan fingerprint density at radius 2 is 1.09 bits per heavy atom. The van der Waals surface area contributed by atoms with Crippen molar-refractivity contribution < 1.29 is 13.2 Å². The van der Waals surface area contributed by atoms with Gasteiger partial charge in [-0.1, -0.05) is 48.5 Å². The van der Waals surface area contributed by atoms with E-state index in [4.69, 9.17) is 11.6 Å². The summed E-state index contributed by atoms with van der Waals surface area (Å²) in [6, 6.07) is 17.0. The molecule has 0 fully saturated rings. The van der Waals surface area contributed by atoms with Gasteiger partial charge in [-0.2, -0.15) is 13.2 Å². The van der Waals surface area contributed by atoms with Crippen molar-refractivity contribution in [2.24, 2.45) is 0 Å². The molecule has 3 aromatic carbocycles. The highest BCUT2D eigenvalue weighted by Crippen LogP contribution is 2.49. The van der Waals surface area contributed by atoms with Crippen LogP contribution >= 0.6 is 11.6 Å². The molecule has 2 aromatic heterocycles. The van der Waals surface area contributed by atoms with Crippen LogP contribution in [0.5, 0.6) is 0 Å². The Bertz CT molecular complexity index is 1360. The van der Waals surface area contributed by atoms with Crippen molar-refractivity contribution in [3.05, 3.63) is 106 Å². The van der Waals surface area contributed by atoms with Crippen LogP contribution in [0.15, 0.2) is 73.1 Å². The molecule has 0 aliphatic carbocycles. The molecule has 0 unspecified atom stereocenters. The first kappa shape index (κ1) is 20.7. The van der Waals surface area contributed by atoms with Gasteiger partial charge in [-0.25, -0.2) is 0 Å². The van der Waals surface area contributed by atoms with Crippen molar-refractivity contribution in [3.63, 3.8) is 0 Å². The number of alkyl halides is 4. The number of para-hydroxylation sites is 2. The molecule has 2 nitrogen and oxygen atoms in total. The summed E-state index contributed by atoms with van der Waals surface area (Å²) in [5.41, 5.74) is 5.48. The molecule has 5 aromatic rings. The average Bonchev–Trinajstić information content (AvgIpc) is 3.39. The van der Waals surface area contributed by atoms with Crippen molar-refractivity contribution in [1.29, 1.82) is 0 Å². The van der Waals surface area contributed by atoms with Gasteiger partial charge in [0.25, 0.3) is 0 Å². The van der Waals surface area contributed by atoms with E-state index in [1.54, 1.807) is 0 Å². The molecule has 0 atom stereocenters. The molecule has 6 heteroatoms. The maximum absolute atomic E-state index is 13.2. The lowest BCUT2D eigenvalue weighted by Gasteiger charge is -2.28. The second kappa shape index (κ2) is 7.17. The van der Waals surface area contributed by atoms with Gasteiger partial charge in [0.2, 0.25) is 0 Å². The topological polar surface area (TPSA) is 31.6 Å². The lowest BCUT2D eigenvalue weighted by Crippen LogP contribution is -2.22. The minimum absolute atomic E-state index is 0.567. The number of hydrogen-bond acceptors (Lipinski definition) is 0. The molecule has 0 aliphatic heterocycles. The molecule has 162 valence electrons. The van der Waals surface area contributed by atoms with Crippen LogP contribution in [-0.4, -0.2) is 9.97 Å². The highest BCUT2D eigenvalue weighted by atomic mass is 35.5. The molecular formula is C26H20ClF3N2. The first-order valence-electron chi connectivity index (χ1n) is 10.2. The number of H-pyrrole nitrogens is 2. The van der Waals surface area contributed by atoms with Gasteiger partial charge in [0, 0.05) is 45.3 Å². The highest BCUT2D eigenvalue weighted by molar-refractivity contribution is 6.30. The van der Waals surface area contributed by atoms with Gasteiger partial charge in [0.15, 0.2) is 0 Å². The van der Waals surface area contributed by atoms with Crippen LogP contribution < -0.4 is 0 Å². The van der Waals surface area contributed by atoms with Crippen molar-refractivity contribution in [3.8, 4) is 0 Å². The molecule has 0 spiro atoms. The van der Waals surface area contributed by atoms with Crippen LogP contribution in [0.1, 0.15) is 33.4 Å². The smallest absolute Gasteiger partial charge is 0.361 e. The zero-order chi connectivity index (χ0) is 22.7. The largest absolute Gasteiger partial charge is 0.416 e. The van der Waals surface area contributed by atoms with Crippen molar-refractivity contribution >= 4 is 33.4 Å². The fourth-order valence-electron chi connectivity index (χ4n) is 4.53. The zero-order valence-corrected chi connectivity index (χ0v) is 18.2. The summed E-state index contributed by atoms with van der Waals surface area (Å²) in [5.74, 6) is 0. The Kier molecular flexibility index (Phi) is 4.64. The summed E-state index contributed by atoms with van der Waals surface area (Å²) < 4.78 is 39.7.